The molecule has 3 heteroatoms. The summed E-state index contributed by atoms with van der Waals surface area (Å²) < 4.78 is 0. The molecule has 0 heterocycles. The zero-order valence-corrected chi connectivity index (χ0v) is 11.0. The minimum atomic E-state index is -0.206. The molecule has 2 rings (SSSR count). The van der Waals surface area contributed by atoms with Crippen LogP contribution in [0.5, 0.6) is 0 Å². The maximum absolute atomic E-state index is 10.6. The number of carbonyl (C=O) groups is 1. The van der Waals surface area contributed by atoms with Crippen molar-refractivity contribution in [2.75, 3.05) is 6.54 Å². The monoisotopic (exact) mass is 246 g/mol. The van der Waals surface area contributed by atoms with Crippen molar-refractivity contribution in [3.8, 4) is 0 Å². The number of primary amides is 1. The van der Waals surface area contributed by atoms with Gasteiger partial charge in [0, 0.05) is 12.5 Å². The molecule has 1 aromatic rings. The first kappa shape index (κ1) is 13.1. The van der Waals surface area contributed by atoms with Gasteiger partial charge in [0.05, 0.1) is 0 Å². The standard InChI is InChI=1S/C15H22N2O/c1-11-4-2-5-12(8-11)13-9-14(10-13)17-7-3-6-15(16)18/h2,4-5,8,13-14,17H,3,6-7,9-10H2,1H3,(H2,16,18). The maximum atomic E-state index is 10.6. The van der Waals surface area contributed by atoms with Gasteiger partial charge in [-0.25, -0.2) is 0 Å². The lowest BCUT2D eigenvalue weighted by Crippen LogP contribution is -2.40. The Morgan fingerprint density at radius 1 is 1.44 bits per heavy atom. The quantitative estimate of drug-likeness (QED) is 0.755. The van der Waals surface area contributed by atoms with E-state index in [4.69, 9.17) is 5.73 Å². The first-order valence-corrected chi connectivity index (χ1v) is 6.73. The molecular formula is C15H22N2O. The van der Waals surface area contributed by atoms with Crippen molar-refractivity contribution in [3.63, 3.8) is 0 Å². The summed E-state index contributed by atoms with van der Waals surface area (Å²) in [7, 11) is 0. The van der Waals surface area contributed by atoms with Crippen LogP contribution in [0, 0.1) is 6.92 Å². The Kier molecular flexibility index (Phi) is 4.37. The second kappa shape index (κ2) is 6.01. The predicted molar refractivity (Wildman–Crippen MR) is 73.4 cm³/mol. The van der Waals surface area contributed by atoms with Gasteiger partial charge in [0.15, 0.2) is 0 Å². The maximum Gasteiger partial charge on any atom is 0.217 e. The Bertz CT molecular complexity index is 411. The van der Waals surface area contributed by atoms with Gasteiger partial charge in [-0.15, -0.1) is 0 Å². The zero-order valence-electron chi connectivity index (χ0n) is 11.0. The molecule has 1 aromatic carbocycles. The number of aryl methyl sites for hydroxylation is 1. The van der Waals surface area contributed by atoms with Crippen LogP contribution in [-0.4, -0.2) is 18.5 Å². The lowest BCUT2D eigenvalue weighted by molar-refractivity contribution is -0.118. The summed E-state index contributed by atoms with van der Waals surface area (Å²) in [5.41, 5.74) is 7.90. The molecule has 3 nitrogen and oxygen atoms in total. The Morgan fingerprint density at radius 2 is 2.22 bits per heavy atom. The van der Waals surface area contributed by atoms with Gasteiger partial charge in [-0.2, -0.15) is 0 Å². The van der Waals surface area contributed by atoms with Crippen LogP contribution in [0.4, 0.5) is 0 Å². The van der Waals surface area contributed by atoms with Crippen molar-refractivity contribution < 1.29 is 4.79 Å². The molecule has 0 unspecified atom stereocenters. The fourth-order valence-electron chi connectivity index (χ4n) is 2.55. The molecule has 1 fully saturated rings. The van der Waals surface area contributed by atoms with Crippen LogP contribution >= 0.6 is 0 Å². The Balaban J connectivity index is 1.66. The van der Waals surface area contributed by atoms with Gasteiger partial charge in [0.2, 0.25) is 5.91 Å². The summed E-state index contributed by atoms with van der Waals surface area (Å²) in [6.45, 7) is 3.04. The average Bonchev–Trinajstić information content (AvgIpc) is 2.25. The van der Waals surface area contributed by atoms with Gasteiger partial charge in [-0.05, 0) is 44.2 Å². The summed E-state index contributed by atoms with van der Waals surface area (Å²) in [6, 6.07) is 9.40. The molecule has 0 aliphatic heterocycles. The molecule has 18 heavy (non-hydrogen) atoms. The minimum absolute atomic E-state index is 0.206. The fraction of sp³-hybridized carbons (Fsp3) is 0.533. The van der Waals surface area contributed by atoms with Crippen LogP contribution in [0.2, 0.25) is 0 Å². The van der Waals surface area contributed by atoms with E-state index in [0.717, 1.165) is 13.0 Å². The van der Waals surface area contributed by atoms with Crippen LogP contribution in [0.15, 0.2) is 24.3 Å². The third kappa shape index (κ3) is 3.57. The molecule has 98 valence electrons. The van der Waals surface area contributed by atoms with E-state index in [1.54, 1.807) is 0 Å². The van der Waals surface area contributed by atoms with Gasteiger partial charge in [0.25, 0.3) is 0 Å². The summed E-state index contributed by atoms with van der Waals surface area (Å²) >= 11 is 0. The van der Waals surface area contributed by atoms with E-state index in [9.17, 15) is 4.79 Å². The van der Waals surface area contributed by atoms with Gasteiger partial charge in [-0.1, -0.05) is 29.8 Å². The average molecular weight is 246 g/mol. The van der Waals surface area contributed by atoms with E-state index in [2.05, 4.69) is 36.5 Å². The number of hydrogen-bond donors (Lipinski definition) is 2. The van der Waals surface area contributed by atoms with Gasteiger partial charge in [-0.3, -0.25) is 4.79 Å². The molecule has 0 bridgehead atoms. The Labute approximate surface area is 109 Å². The van der Waals surface area contributed by atoms with Crippen LogP contribution < -0.4 is 11.1 Å². The van der Waals surface area contributed by atoms with Crippen LogP contribution in [0.25, 0.3) is 0 Å². The summed E-state index contributed by atoms with van der Waals surface area (Å²) in [4.78, 5) is 10.6. The number of carbonyl (C=O) groups excluding carboxylic acids is 1. The fourth-order valence-corrected chi connectivity index (χ4v) is 2.55. The van der Waals surface area contributed by atoms with Crippen molar-refractivity contribution in [1.82, 2.24) is 5.32 Å². The second-order valence-electron chi connectivity index (χ2n) is 5.30. The number of rotatable bonds is 6. The third-order valence-electron chi connectivity index (χ3n) is 3.68. The molecule has 0 spiro atoms. The van der Waals surface area contributed by atoms with E-state index >= 15 is 0 Å². The number of nitrogens with two attached hydrogens (primary N) is 1. The van der Waals surface area contributed by atoms with Crippen molar-refractivity contribution in [3.05, 3.63) is 35.4 Å². The van der Waals surface area contributed by atoms with E-state index < -0.39 is 0 Å². The van der Waals surface area contributed by atoms with Crippen LogP contribution in [-0.2, 0) is 4.79 Å². The third-order valence-corrected chi connectivity index (χ3v) is 3.68. The van der Waals surface area contributed by atoms with Gasteiger partial charge >= 0.3 is 0 Å². The molecule has 0 radical (unpaired) electrons. The molecule has 3 N–H and O–H groups in total. The van der Waals surface area contributed by atoms with Gasteiger partial charge in [0.1, 0.15) is 0 Å². The molecule has 1 aliphatic rings. The van der Waals surface area contributed by atoms with Crippen molar-refractivity contribution in [2.45, 2.75) is 44.6 Å². The highest BCUT2D eigenvalue weighted by Crippen LogP contribution is 2.36. The topological polar surface area (TPSA) is 55.1 Å². The second-order valence-corrected chi connectivity index (χ2v) is 5.30. The molecule has 1 saturated carbocycles. The number of amides is 1. The highest BCUT2D eigenvalue weighted by molar-refractivity contribution is 5.73. The molecule has 0 saturated heterocycles. The minimum Gasteiger partial charge on any atom is -0.370 e. The van der Waals surface area contributed by atoms with Crippen molar-refractivity contribution in [2.24, 2.45) is 5.73 Å². The van der Waals surface area contributed by atoms with Crippen LogP contribution in [0.3, 0.4) is 0 Å². The van der Waals surface area contributed by atoms with E-state index in [0.29, 0.717) is 18.4 Å². The number of benzene rings is 1. The molecule has 0 aromatic heterocycles. The van der Waals surface area contributed by atoms with E-state index in [1.165, 1.54) is 24.0 Å². The first-order valence-electron chi connectivity index (χ1n) is 6.73. The Hall–Kier alpha value is -1.35. The SMILES string of the molecule is Cc1cccc(C2CC(NCCCC(N)=O)C2)c1. The number of nitrogens with one attached hydrogen (secondary N) is 1. The molecule has 1 amide bonds. The van der Waals surface area contributed by atoms with E-state index in [1.807, 2.05) is 0 Å². The lowest BCUT2D eigenvalue weighted by atomic mass is 9.75. The normalized spacial score (nSPS) is 22.5. The number of hydrogen-bond acceptors (Lipinski definition) is 2. The smallest absolute Gasteiger partial charge is 0.217 e. The van der Waals surface area contributed by atoms with Crippen LogP contribution in [0.1, 0.15) is 42.7 Å². The highest BCUT2D eigenvalue weighted by atomic mass is 16.1. The summed E-state index contributed by atoms with van der Waals surface area (Å²) in [5, 5.41) is 3.48. The molecular weight excluding hydrogens is 224 g/mol. The lowest BCUT2D eigenvalue weighted by Gasteiger charge is -2.36. The first-order chi connectivity index (χ1) is 8.65. The van der Waals surface area contributed by atoms with Gasteiger partial charge < -0.3 is 11.1 Å². The predicted octanol–water partition coefficient (Wildman–Crippen LogP) is 2.10. The summed E-state index contributed by atoms with van der Waals surface area (Å²) in [5.74, 6) is 0.501. The summed E-state index contributed by atoms with van der Waals surface area (Å²) in [6.07, 6.45) is 3.75. The molecule has 0 atom stereocenters. The van der Waals surface area contributed by atoms with Crippen molar-refractivity contribution >= 4 is 5.91 Å². The largest absolute Gasteiger partial charge is 0.370 e. The van der Waals surface area contributed by atoms with E-state index in [-0.39, 0.29) is 5.91 Å². The Morgan fingerprint density at radius 3 is 2.89 bits per heavy atom. The molecule has 1 aliphatic carbocycles. The highest BCUT2D eigenvalue weighted by Gasteiger charge is 2.29. The van der Waals surface area contributed by atoms with Crippen molar-refractivity contribution in [1.29, 1.82) is 0 Å². The zero-order chi connectivity index (χ0) is 13.0.